The Balaban J connectivity index is 1.42. The SMILES string of the molecule is CCC1(NC(=O)C(CCC(=O)O)NC(=O)OCC2c3ccccc3-c3ccccc32)CCOCC1. The van der Waals surface area contributed by atoms with Gasteiger partial charge in [-0.05, 0) is 47.9 Å². The zero-order chi connectivity index (χ0) is 24.8. The summed E-state index contributed by atoms with van der Waals surface area (Å²) in [5.41, 5.74) is 4.01. The molecule has 1 heterocycles. The van der Waals surface area contributed by atoms with Gasteiger partial charge in [0.2, 0.25) is 5.91 Å². The molecule has 2 aromatic rings. The molecule has 2 aromatic carbocycles. The Morgan fingerprint density at radius 1 is 1.06 bits per heavy atom. The van der Waals surface area contributed by atoms with Crippen LogP contribution in [0.4, 0.5) is 4.79 Å². The van der Waals surface area contributed by atoms with Gasteiger partial charge in [-0.2, -0.15) is 0 Å². The van der Waals surface area contributed by atoms with Crippen LogP contribution in [0.3, 0.4) is 0 Å². The number of aliphatic carboxylic acids is 1. The summed E-state index contributed by atoms with van der Waals surface area (Å²) in [6, 6.07) is 15.1. The van der Waals surface area contributed by atoms with Gasteiger partial charge in [0.1, 0.15) is 12.6 Å². The van der Waals surface area contributed by atoms with Crippen LogP contribution < -0.4 is 10.6 Å². The first-order chi connectivity index (χ1) is 16.9. The van der Waals surface area contributed by atoms with E-state index in [4.69, 9.17) is 14.6 Å². The molecule has 1 atom stereocenters. The summed E-state index contributed by atoms with van der Waals surface area (Å²) in [5.74, 6) is -1.54. The number of hydrogen-bond donors (Lipinski definition) is 3. The summed E-state index contributed by atoms with van der Waals surface area (Å²) >= 11 is 0. The Labute approximate surface area is 205 Å². The molecule has 0 aromatic heterocycles. The van der Waals surface area contributed by atoms with Crippen molar-refractivity contribution >= 4 is 18.0 Å². The van der Waals surface area contributed by atoms with Crippen molar-refractivity contribution in [1.82, 2.24) is 10.6 Å². The van der Waals surface area contributed by atoms with E-state index in [-0.39, 0.29) is 25.4 Å². The minimum atomic E-state index is -1.03. The van der Waals surface area contributed by atoms with Crippen LogP contribution in [0, 0.1) is 0 Å². The lowest BCUT2D eigenvalue weighted by Gasteiger charge is -2.38. The molecule has 1 aliphatic carbocycles. The number of carbonyl (C=O) groups is 3. The third-order valence-electron chi connectivity index (χ3n) is 7.11. The molecule has 35 heavy (non-hydrogen) atoms. The molecule has 1 aliphatic heterocycles. The van der Waals surface area contributed by atoms with Gasteiger partial charge in [-0.15, -0.1) is 0 Å². The van der Waals surface area contributed by atoms with Crippen LogP contribution in [0.15, 0.2) is 48.5 Å². The first kappa shape index (κ1) is 24.7. The molecule has 1 saturated heterocycles. The van der Waals surface area contributed by atoms with Gasteiger partial charge >= 0.3 is 12.1 Å². The van der Waals surface area contributed by atoms with Gasteiger partial charge in [0.25, 0.3) is 0 Å². The summed E-state index contributed by atoms with van der Waals surface area (Å²) in [5, 5.41) is 14.8. The Kier molecular flexibility index (Phi) is 7.70. The van der Waals surface area contributed by atoms with Crippen molar-refractivity contribution in [2.24, 2.45) is 0 Å². The number of hydrogen-bond acceptors (Lipinski definition) is 5. The fourth-order valence-corrected chi connectivity index (χ4v) is 5.00. The first-order valence-corrected chi connectivity index (χ1v) is 12.2. The van der Waals surface area contributed by atoms with Crippen molar-refractivity contribution in [3.63, 3.8) is 0 Å². The van der Waals surface area contributed by atoms with E-state index in [0.29, 0.717) is 26.1 Å². The largest absolute Gasteiger partial charge is 0.481 e. The van der Waals surface area contributed by atoms with Gasteiger partial charge < -0.3 is 25.2 Å². The van der Waals surface area contributed by atoms with E-state index in [1.54, 1.807) is 0 Å². The van der Waals surface area contributed by atoms with Crippen molar-refractivity contribution in [2.45, 2.75) is 56.5 Å². The normalized spacial score (nSPS) is 17.1. The fourth-order valence-electron chi connectivity index (χ4n) is 5.00. The molecule has 0 saturated carbocycles. The highest BCUT2D eigenvalue weighted by Gasteiger charge is 2.35. The molecule has 0 spiro atoms. The molecule has 8 heteroatoms. The number of carboxylic acid groups (broad SMARTS) is 1. The van der Waals surface area contributed by atoms with Crippen LogP contribution in [0.1, 0.15) is 56.1 Å². The van der Waals surface area contributed by atoms with Crippen LogP contribution in [0.5, 0.6) is 0 Å². The summed E-state index contributed by atoms with van der Waals surface area (Å²) in [6.07, 6.45) is 1.05. The standard InChI is InChI=1S/C27H32N2O6/c1-2-27(13-15-34-16-14-27)29-25(32)23(11-12-24(30)31)28-26(33)35-17-22-20-9-5-3-7-18(20)19-8-4-6-10-21(19)22/h3-10,22-23H,2,11-17H2,1H3,(H,28,33)(H,29,32)(H,30,31). The van der Waals surface area contributed by atoms with Crippen LogP contribution in [-0.4, -0.2) is 54.5 Å². The number of benzene rings is 2. The topological polar surface area (TPSA) is 114 Å². The number of rotatable bonds is 9. The smallest absolute Gasteiger partial charge is 0.407 e. The van der Waals surface area contributed by atoms with Crippen molar-refractivity contribution in [3.05, 3.63) is 59.7 Å². The third kappa shape index (κ3) is 5.65. The zero-order valence-electron chi connectivity index (χ0n) is 19.9. The molecule has 2 aliphatic rings. The minimum Gasteiger partial charge on any atom is -0.481 e. The summed E-state index contributed by atoms with van der Waals surface area (Å²) in [6.45, 7) is 3.21. The maximum absolute atomic E-state index is 13.1. The van der Waals surface area contributed by atoms with Gasteiger partial charge in [-0.3, -0.25) is 9.59 Å². The molecule has 0 bridgehead atoms. The van der Waals surface area contributed by atoms with Gasteiger partial charge in [0.15, 0.2) is 0 Å². The van der Waals surface area contributed by atoms with Crippen LogP contribution in [0.25, 0.3) is 11.1 Å². The molecule has 186 valence electrons. The number of alkyl carbamates (subject to hydrolysis) is 1. The lowest BCUT2D eigenvalue weighted by molar-refractivity contribution is -0.137. The van der Waals surface area contributed by atoms with Gasteiger partial charge in [0, 0.05) is 31.1 Å². The number of ether oxygens (including phenoxy) is 2. The van der Waals surface area contributed by atoms with Crippen molar-refractivity contribution in [2.75, 3.05) is 19.8 Å². The molecule has 4 rings (SSSR count). The maximum atomic E-state index is 13.1. The summed E-state index contributed by atoms with van der Waals surface area (Å²) in [7, 11) is 0. The fraction of sp³-hybridized carbons (Fsp3) is 0.444. The second-order valence-electron chi connectivity index (χ2n) is 9.19. The predicted octanol–water partition coefficient (Wildman–Crippen LogP) is 3.83. The predicted molar refractivity (Wildman–Crippen MR) is 130 cm³/mol. The molecule has 8 nitrogen and oxygen atoms in total. The van der Waals surface area contributed by atoms with E-state index in [1.165, 1.54) is 0 Å². The highest BCUT2D eigenvalue weighted by molar-refractivity contribution is 5.87. The second-order valence-corrected chi connectivity index (χ2v) is 9.19. The number of carbonyl (C=O) groups excluding carboxylic acids is 2. The van der Waals surface area contributed by atoms with Crippen molar-refractivity contribution < 1.29 is 29.0 Å². The van der Waals surface area contributed by atoms with Gasteiger partial charge in [-0.25, -0.2) is 4.79 Å². The molecular formula is C27H32N2O6. The Morgan fingerprint density at radius 2 is 1.66 bits per heavy atom. The lowest BCUT2D eigenvalue weighted by atomic mass is 9.87. The quantitative estimate of drug-likeness (QED) is 0.503. The van der Waals surface area contributed by atoms with E-state index in [0.717, 1.165) is 28.7 Å². The highest BCUT2D eigenvalue weighted by atomic mass is 16.5. The molecule has 1 unspecified atom stereocenters. The minimum absolute atomic E-state index is 0.0261. The Hall–Kier alpha value is -3.39. The van der Waals surface area contributed by atoms with E-state index in [2.05, 4.69) is 22.8 Å². The van der Waals surface area contributed by atoms with E-state index >= 15 is 0 Å². The van der Waals surface area contributed by atoms with E-state index in [1.807, 2.05) is 43.3 Å². The number of amides is 2. The van der Waals surface area contributed by atoms with Crippen molar-refractivity contribution in [1.29, 1.82) is 0 Å². The second kappa shape index (κ2) is 10.9. The van der Waals surface area contributed by atoms with Crippen LogP contribution in [-0.2, 0) is 19.1 Å². The maximum Gasteiger partial charge on any atom is 0.407 e. The molecule has 0 radical (unpaired) electrons. The van der Waals surface area contributed by atoms with Gasteiger partial charge in [0.05, 0.1) is 0 Å². The Bertz CT molecular complexity index is 1030. The number of fused-ring (bicyclic) bond motifs is 3. The average Bonchev–Trinajstić information content (AvgIpc) is 3.19. The zero-order valence-corrected chi connectivity index (χ0v) is 19.9. The molecule has 2 amide bonds. The van der Waals surface area contributed by atoms with Crippen molar-refractivity contribution in [3.8, 4) is 11.1 Å². The van der Waals surface area contributed by atoms with Crippen LogP contribution >= 0.6 is 0 Å². The molecule has 1 fully saturated rings. The van der Waals surface area contributed by atoms with Crippen LogP contribution in [0.2, 0.25) is 0 Å². The monoisotopic (exact) mass is 480 g/mol. The number of carboxylic acids is 1. The third-order valence-corrected chi connectivity index (χ3v) is 7.11. The van der Waals surface area contributed by atoms with E-state index in [9.17, 15) is 14.4 Å². The highest BCUT2D eigenvalue weighted by Crippen LogP contribution is 2.44. The van der Waals surface area contributed by atoms with E-state index < -0.39 is 29.6 Å². The van der Waals surface area contributed by atoms with Gasteiger partial charge in [-0.1, -0.05) is 55.5 Å². The molecular weight excluding hydrogens is 448 g/mol. The summed E-state index contributed by atoms with van der Waals surface area (Å²) < 4.78 is 11.0. The summed E-state index contributed by atoms with van der Waals surface area (Å²) in [4.78, 5) is 37.0. The molecule has 3 N–H and O–H groups in total. The number of nitrogens with one attached hydrogen (secondary N) is 2. The Morgan fingerprint density at radius 3 is 2.23 bits per heavy atom. The first-order valence-electron chi connectivity index (χ1n) is 12.2. The average molecular weight is 481 g/mol. The lowest BCUT2D eigenvalue weighted by Crippen LogP contribution is -2.57.